The molecule has 0 aromatic heterocycles. The molecule has 1 aromatic rings. The fraction of sp³-hybridized carbons (Fsp3) is 0.625. The molecule has 3 unspecified atom stereocenters. The van der Waals surface area contributed by atoms with Crippen LogP contribution in [0.25, 0.3) is 0 Å². The number of nitrogens with two attached hydrogens (primary N) is 1. The highest BCUT2D eigenvalue weighted by Gasteiger charge is 2.44. The molecule has 4 rings (SSSR count). The van der Waals surface area contributed by atoms with Gasteiger partial charge in [-0.15, -0.1) is 0 Å². The predicted octanol–water partition coefficient (Wildman–Crippen LogP) is 3.39. The molecule has 0 amide bonds. The van der Waals surface area contributed by atoms with Gasteiger partial charge in [-0.25, -0.2) is 0 Å². The van der Waals surface area contributed by atoms with Crippen LogP contribution in [0.1, 0.15) is 49.3 Å². The van der Waals surface area contributed by atoms with Gasteiger partial charge in [0.1, 0.15) is 0 Å². The van der Waals surface area contributed by atoms with Gasteiger partial charge in [-0.05, 0) is 55.7 Å². The van der Waals surface area contributed by atoms with Gasteiger partial charge in [0.25, 0.3) is 0 Å². The van der Waals surface area contributed by atoms with Crippen molar-refractivity contribution in [1.29, 1.82) is 0 Å². The molecule has 0 radical (unpaired) electrons. The number of nitrogens with zero attached hydrogens (tertiary/aromatic N) is 1. The first kappa shape index (κ1) is 12.4. The first-order chi connectivity index (χ1) is 9.24. The van der Waals surface area contributed by atoms with Gasteiger partial charge in [-0.3, -0.25) is 4.90 Å². The highest BCUT2D eigenvalue weighted by molar-refractivity contribution is 9.10. The second-order valence-electron chi connectivity index (χ2n) is 6.43. The van der Waals surface area contributed by atoms with Gasteiger partial charge in [-0.1, -0.05) is 28.1 Å². The van der Waals surface area contributed by atoms with Crippen molar-refractivity contribution in [3.63, 3.8) is 0 Å². The van der Waals surface area contributed by atoms with Gasteiger partial charge < -0.3 is 5.73 Å². The minimum absolute atomic E-state index is 0.442. The smallest absolute Gasteiger partial charge is 0.0360 e. The van der Waals surface area contributed by atoms with E-state index >= 15 is 0 Å². The molecule has 2 N–H and O–H groups in total. The number of benzene rings is 1. The van der Waals surface area contributed by atoms with Gasteiger partial charge in [0.2, 0.25) is 0 Å². The maximum atomic E-state index is 6.20. The molecule has 3 heteroatoms. The monoisotopic (exact) mass is 320 g/mol. The molecule has 2 fully saturated rings. The maximum Gasteiger partial charge on any atom is 0.0360 e. The largest absolute Gasteiger partial charge is 0.328 e. The number of piperidine rings is 1. The van der Waals surface area contributed by atoms with Crippen LogP contribution in [0.2, 0.25) is 0 Å². The zero-order chi connectivity index (χ0) is 13.0. The van der Waals surface area contributed by atoms with Crippen molar-refractivity contribution >= 4 is 15.9 Å². The van der Waals surface area contributed by atoms with E-state index < -0.39 is 0 Å². The molecular formula is C16H21BrN2. The molecule has 2 saturated heterocycles. The molecule has 1 aromatic carbocycles. The average Bonchev–Trinajstić information content (AvgIpc) is 2.90. The molecular weight excluding hydrogens is 300 g/mol. The highest BCUT2D eigenvalue weighted by Crippen LogP contribution is 2.47. The van der Waals surface area contributed by atoms with E-state index in [4.69, 9.17) is 5.73 Å². The Kier molecular flexibility index (Phi) is 2.98. The van der Waals surface area contributed by atoms with Crippen LogP contribution < -0.4 is 5.73 Å². The summed E-state index contributed by atoms with van der Waals surface area (Å²) >= 11 is 3.72. The molecule has 0 saturated carbocycles. The molecule has 2 heterocycles. The second-order valence-corrected chi connectivity index (χ2v) is 7.28. The van der Waals surface area contributed by atoms with E-state index in [2.05, 4.69) is 39.0 Å². The first-order valence-electron chi connectivity index (χ1n) is 7.54. The van der Waals surface area contributed by atoms with E-state index in [-0.39, 0.29) is 0 Å². The Bertz CT molecular complexity index is 488. The van der Waals surface area contributed by atoms with Crippen LogP contribution in [0.15, 0.2) is 22.7 Å². The Morgan fingerprint density at radius 2 is 1.84 bits per heavy atom. The van der Waals surface area contributed by atoms with Gasteiger partial charge in [0.05, 0.1) is 0 Å². The van der Waals surface area contributed by atoms with E-state index in [1.165, 1.54) is 43.0 Å². The van der Waals surface area contributed by atoms with Crippen molar-refractivity contribution in [3.8, 4) is 0 Å². The standard InChI is InChI=1S/C16H21BrN2/c17-15-3-1-2-14-13(15)6-7-16(14)19-11-4-5-12(19)9-10(18)8-11/h1-3,10-12,16H,4-9,18H2. The van der Waals surface area contributed by atoms with Crippen LogP contribution >= 0.6 is 15.9 Å². The summed E-state index contributed by atoms with van der Waals surface area (Å²) in [6.45, 7) is 0. The summed E-state index contributed by atoms with van der Waals surface area (Å²) in [6, 6.07) is 9.29. The fourth-order valence-corrected chi connectivity index (χ4v) is 5.24. The Morgan fingerprint density at radius 1 is 1.11 bits per heavy atom. The molecule has 2 nitrogen and oxygen atoms in total. The summed E-state index contributed by atoms with van der Waals surface area (Å²) in [7, 11) is 0. The van der Waals surface area contributed by atoms with E-state index in [9.17, 15) is 0 Å². The SMILES string of the molecule is NC1CC2CCC(C1)N2C1CCc2c(Br)cccc21. The Morgan fingerprint density at radius 3 is 2.58 bits per heavy atom. The van der Waals surface area contributed by atoms with Crippen LogP contribution in [-0.2, 0) is 6.42 Å². The number of fused-ring (bicyclic) bond motifs is 3. The van der Waals surface area contributed by atoms with E-state index in [1.807, 2.05) is 0 Å². The molecule has 3 aliphatic rings. The topological polar surface area (TPSA) is 29.3 Å². The van der Waals surface area contributed by atoms with Gasteiger partial charge in [0.15, 0.2) is 0 Å². The summed E-state index contributed by atoms with van der Waals surface area (Å²) in [5.74, 6) is 0. The van der Waals surface area contributed by atoms with Crippen molar-refractivity contribution in [2.45, 2.75) is 62.7 Å². The molecule has 2 bridgehead atoms. The first-order valence-corrected chi connectivity index (χ1v) is 8.33. The van der Waals surface area contributed by atoms with Crippen LogP contribution in [0.3, 0.4) is 0 Å². The number of hydrogen-bond acceptors (Lipinski definition) is 2. The molecule has 2 aliphatic heterocycles. The van der Waals surface area contributed by atoms with Crippen LogP contribution in [0.5, 0.6) is 0 Å². The predicted molar refractivity (Wildman–Crippen MR) is 81.1 cm³/mol. The lowest BCUT2D eigenvalue weighted by atomic mass is 9.94. The third kappa shape index (κ3) is 1.90. The maximum absolute atomic E-state index is 6.20. The van der Waals surface area contributed by atoms with Gasteiger partial charge >= 0.3 is 0 Å². The second kappa shape index (κ2) is 4.57. The number of halogens is 1. The third-order valence-electron chi connectivity index (χ3n) is 5.37. The molecule has 19 heavy (non-hydrogen) atoms. The number of rotatable bonds is 1. The Labute approximate surface area is 123 Å². The van der Waals surface area contributed by atoms with Crippen molar-refractivity contribution in [2.24, 2.45) is 5.73 Å². The normalized spacial score (nSPS) is 37.6. The minimum Gasteiger partial charge on any atom is -0.328 e. The van der Waals surface area contributed by atoms with Crippen LogP contribution in [0, 0.1) is 0 Å². The summed E-state index contributed by atoms with van der Waals surface area (Å²) in [4.78, 5) is 2.82. The van der Waals surface area contributed by atoms with Crippen LogP contribution in [-0.4, -0.2) is 23.0 Å². The lowest BCUT2D eigenvalue weighted by Gasteiger charge is -2.42. The minimum atomic E-state index is 0.442. The summed E-state index contributed by atoms with van der Waals surface area (Å²) in [5.41, 5.74) is 9.32. The van der Waals surface area contributed by atoms with E-state index in [0.29, 0.717) is 12.1 Å². The lowest BCUT2D eigenvalue weighted by Crippen LogP contribution is -2.48. The van der Waals surface area contributed by atoms with E-state index in [1.54, 1.807) is 11.1 Å². The molecule has 3 atom stereocenters. The van der Waals surface area contributed by atoms with Crippen molar-refractivity contribution in [2.75, 3.05) is 0 Å². The molecule has 1 aliphatic carbocycles. The fourth-order valence-electron chi connectivity index (χ4n) is 4.66. The van der Waals surface area contributed by atoms with Crippen molar-refractivity contribution in [1.82, 2.24) is 4.90 Å². The van der Waals surface area contributed by atoms with Gasteiger partial charge in [0, 0.05) is 28.6 Å². The van der Waals surface area contributed by atoms with Crippen LogP contribution in [0.4, 0.5) is 0 Å². The third-order valence-corrected chi connectivity index (χ3v) is 6.11. The molecule has 102 valence electrons. The quantitative estimate of drug-likeness (QED) is 0.859. The average molecular weight is 321 g/mol. The lowest BCUT2D eigenvalue weighted by molar-refractivity contribution is 0.0774. The Balaban J connectivity index is 1.68. The Hall–Kier alpha value is -0.380. The zero-order valence-electron chi connectivity index (χ0n) is 11.2. The van der Waals surface area contributed by atoms with Gasteiger partial charge in [-0.2, -0.15) is 0 Å². The summed E-state index contributed by atoms with van der Waals surface area (Å²) in [6.07, 6.45) is 7.65. The van der Waals surface area contributed by atoms with Crippen molar-refractivity contribution < 1.29 is 0 Å². The zero-order valence-corrected chi connectivity index (χ0v) is 12.8. The van der Waals surface area contributed by atoms with E-state index in [0.717, 1.165) is 12.1 Å². The summed E-state index contributed by atoms with van der Waals surface area (Å²) in [5, 5.41) is 0. The summed E-state index contributed by atoms with van der Waals surface area (Å²) < 4.78 is 1.30. The highest BCUT2D eigenvalue weighted by atomic mass is 79.9. The number of hydrogen-bond donors (Lipinski definition) is 1. The van der Waals surface area contributed by atoms with Crippen molar-refractivity contribution in [3.05, 3.63) is 33.8 Å². The molecule has 0 spiro atoms.